The third-order valence-electron chi connectivity index (χ3n) is 3.28. The summed E-state index contributed by atoms with van der Waals surface area (Å²) in [5.74, 6) is 0.999. The highest BCUT2D eigenvalue weighted by atomic mass is 32.1. The minimum atomic E-state index is 0.359. The van der Waals surface area contributed by atoms with E-state index in [0.717, 1.165) is 25.2 Å². The van der Waals surface area contributed by atoms with Gasteiger partial charge in [-0.15, -0.1) is 0 Å². The van der Waals surface area contributed by atoms with Gasteiger partial charge in [0, 0.05) is 18.0 Å². The first kappa shape index (κ1) is 14.1. The molecule has 0 fully saturated rings. The van der Waals surface area contributed by atoms with Crippen LogP contribution in [0, 0.1) is 0 Å². The zero-order valence-electron chi connectivity index (χ0n) is 11.6. The maximum absolute atomic E-state index is 5.96. The van der Waals surface area contributed by atoms with Crippen molar-refractivity contribution in [2.45, 2.75) is 25.8 Å². The van der Waals surface area contributed by atoms with Crippen molar-refractivity contribution in [1.29, 1.82) is 0 Å². The molecule has 19 heavy (non-hydrogen) atoms. The Balaban J connectivity index is 1.99. The quantitative estimate of drug-likeness (QED) is 0.823. The van der Waals surface area contributed by atoms with Crippen LogP contribution in [0.2, 0.25) is 0 Å². The van der Waals surface area contributed by atoms with Crippen LogP contribution in [0.4, 0.5) is 0 Å². The summed E-state index contributed by atoms with van der Waals surface area (Å²) < 4.78 is 5.96. The fourth-order valence-electron chi connectivity index (χ4n) is 2.19. The average molecular weight is 275 g/mol. The molecule has 2 aromatic rings. The van der Waals surface area contributed by atoms with Crippen molar-refractivity contribution in [3.8, 4) is 5.75 Å². The fourth-order valence-corrected chi connectivity index (χ4v) is 2.90. The Morgan fingerprint density at radius 1 is 1.26 bits per heavy atom. The van der Waals surface area contributed by atoms with E-state index in [1.807, 2.05) is 13.1 Å². The van der Waals surface area contributed by atoms with Crippen LogP contribution in [0.1, 0.15) is 30.5 Å². The summed E-state index contributed by atoms with van der Waals surface area (Å²) in [6.45, 7) is 2.91. The van der Waals surface area contributed by atoms with E-state index in [0.29, 0.717) is 6.04 Å². The zero-order valence-corrected chi connectivity index (χ0v) is 12.4. The molecule has 1 unspecified atom stereocenters. The molecule has 0 aliphatic carbocycles. The van der Waals surface area contributed by atoms with Crippen LogP contribution in [0.3, 0.4) is 0 Å². The third kappa shape index (κ3) is 3.82. The number of hydrogen-bond acceptors (Lipinski definition) is 3. The van der Waals surface area contributed by atoms with Crippen molar-refractivity contribution in [2.75, 3.05) is 13.7 Å². The molecule has 2 rings (SSSR count). The van der Waals surface area contributed by atoms with Crippen molar-refractivity contribution in [1.82, 2.24) is 5.32 Å². The topological polar surface area (TPSA) is 21.3 Å². The van der Waals surface area contributed by atoms with Gasteiger partial charge in [0.25, 0.3) is 0 Å². The Morgan fingerprint density at radius 3 is 2.79 bits per heavy atom. The van der Waals surface area contributed by atoms with E-state index < -0.39 is 0 Å². The lowest BCUT2D eigenvalue weighted by molar-refractivity contribution is 0.314. The molecule has 1 aromatic heterocycles. The van der Waals surface area contributed by atoms with Crippen molar-refractivity contribution in [2.24, 2.45) is 0 Å². The number of para-hydroxylation sites is 1. The smallest absolute Gasteiger partial charge is 0.124 e. The summed E-state index contributed by atoms with van der Waals surface area (Å²) >= 11 is 1.74. The van der Waals surface area contributed by atoms with Gasteiger partial charge in [-0.25, -0.2) is 0 Å². The molecule has 3 heteroatoms. The molecule has 0 saturated carbocycles. The van der Waals surface area contributed by atoms with Crippen molar-refractivity contribution in [3.05, 3.63) is 52.2 Å². The Bertz CT molecular complexity index is 477. The molecular weight excluding hydrogens is 254 g/mol. The van der Waals surface area contributed by atoms with E-state index in [9.17, 15) is 0 Å². The number of thiophene rings is 1. The standard InChI is InChI=1S/C16H21NOS/c1-3-15(17-2)14-6-4-5-7-16(14)18-10-8-13-9-11-19-12-13/h4-7,9,11-12,15,17H,3,8,10H2,1-2H3. The monoisotopic (exact) mass is 275 g/mol. The van der Waals surface area contributed by atoms with Crippen LogP contribution in [0.15, 0.2) is 41.1 Å². The summed E-state index contributed by atoms with van der Waals surface area (Å²) in [4.78, 5) is 0. The molecule has 0 aliphatic rings. The molecule has 1 aromatic carbocycles. The summed E-state index contributed by atoms with van der Waals surface area (Å²) in [7, 11) is 2.00. The highest BCUT2D eigenvalue weighted by Crippen LogP contribution is 2.26. The minimum Gasteiger partial charge on any atom is -0.493 e. The average Bonchev–Trinajstić information content (AvgIpc) is 2.95. The van der Waals surface area contributed by atoms with Crippen molar-refractivity contribution < 1.29 is 4.74 Å². The number of rotatable bonds is 7. The van der Waals surface area contributed by atoms with E-state index in [2.05, 4.69) is 47.3 Å². The summed E-state index contributed by atoms with van der Waals surface area (Å²) in [6.07, 6.45) is 2.02. The van der Waals surface area contributed by atoms with Crippen LogP contribution >= 0.6 is 11.3 Å². The second kappa shape index (κ2) is 7.31. The first-order valence-corrected chi connectivity index (χ1v) is 7.69. The van der Waals surface area contributed by atoms with Gasteiger partial charge in [-0.3, -0.25) is 0 Å². The minimum absolute atomic E-state index is 0.359. The lowest BCUT2D eigenvalue weighted by atomic mass is 10.0. The molecule has 0 bridgehead atoms. The Labute approximate surface area is 119 Å². The molecule has 0 aliphatic heterocycles. The normalized spacial score (nSPS) is 12.3. The van der Waals surface area contributed by atoms with E-state index in [1.54, 1.807) is 11.3 Å². The van der Waals surface area contributed by atoms with Gasteiger partial charge in [0.15, 0.2) is 0 Å². The molecule has 1 N–H and O–H groups in total. The lowest BCUT2D eigenvalue weighted by Crippen LogP contribution is -2.16. The van der Waals surface area contributed by atoms with Gasteiger partial charge in [-0.1, -0.05) is 25.1 Å². The molecule has 0 saturated heterocycles. The summed E-state index contributed by atoms with van der Waals surface area (Å²) in [6, 6.07) is 10.8. The van der Waals surface area contributed by atoms with Crippen LogP contribution in [-0.2, 0) is 6.42 Å². The highest BCUT2D eigenvalue weighted by molar-refractivity contribution is 7.07. The number of ether oxygens (including phenoxy) is 1. The van der Waals surface area contributed by atoms with Crippen LogP contribution in [0.25, 0.3) is 0 Å². The maximum Gasteiger partial charge on any atom is 0.124 e. The predicted molar refractivity (Wildman–Crippen MR) is 82.1 cm³/mol. The molecular formula is C16H21NOS. The number of benzene rings is 1. The third-order valence-corrected chi connectivity index (χ3v) is 4.01. The number of nitrogens with one attached hydrogen (secondary N) is 1. The molecule has 0 radical (unpaired) electrons. The van der Waals surface area contributed by atoms with Crippen molar-refractivity contribution >= 4 is 11.3 Å². The summed E-state index contributed by atoms with van der Waals surface area (Å²) in [5, 5.41) is 7.62. The van der Waals surface area contributed by atoms with Gasteiger partial charge in [-0.05, 0) is 41.9 Å². The molecule has 1 heterocycles. The molecule has 1 atom stereocenters. The van der Waals surface area contributed by atoms with E-state index >= 15 is 0 Å². The largest absolute Gasteiger partial charge is 0.493 e. The Kier molecular flexibility index (Phi) is 5.43. The maximum atomic E-state index is 5.96. The Morgan fingerprint density at radius 2 is 2.11 bits per heavy atom. The molecule has 0 amide bonds. The van der Waals surface area contributed by atoms with Gasteiger partial charge in [0.05, 0.1) is 6.61 Å². The molecule has 0 spiro atoms. The predicted octanol–water partition coefficient (Wildman–Crippen LogP) is 4.04. The van der Waals surface area contributed by atoms with E-state index in [1.165, 1.54) is 11.1 Å². The molecule has 102 valence electrons. The second-order valence-corrected chi connectivity index (χ2v) is 5.30. The highest BCUT2D eigenvalue weighted by Gasteiger charge is 2.11. The van der Waals surface area contributed by atoms with Gasteiger partial charge in [-0.2, -0.15) is 11.3 Å². The van der Waals surface area contributed by atoms with Gasteiger partial charge in [0.2, 0.25) is 0 Å². The Hall–Kier alpha value is -1.32. The van der Waals surface area contributed by atoms with E-state index in [-0.39, 0.29) is 0 Å². The molecule has 2 nitrogen and oxygen atoms in total. The van der Waals surface area contributed by atoms with Gasteiger partial charge >= 0.3 is 0 Å². The summed E-state index contributed by atoms with van der Waals surface area (Å²) in [5.41, 5.74) is 2.60. The van der Waals surface area contributed by atoms with Crippen molar-refractivity contribution in [3.63, 3.8) is 0 Å². The SMILES string of the molecule is CCC(NC)c1ccccc1OCCc1ccsc1. The lowest BCUT2D eigenvalue weighted by Gasteiger charge is -2.18. The van der Waals surface area contributed by atoms with Crippen LogP contribution < -0.4 is 10.1 Å². The fraction of sp³-hybridized carbons (Fsp3) is 0.375. The van der Waals surface area contributed by atoms with Gasteiger partial charge in [0.1, 0.15) is 5.75 Å². The van der Waals surface area contributed by atoms with Crippen LogP contribution in [0.5, 0.6) is 5.75 Å². The first-order valence-electron chi connectivity index (χ1n) is 6.75. The zero-order chi connectivity index (χ0) is 13.5. The van der Waals surface area contributed by atoms with Crippen LogP contribution in [-0.4, -0.2) is 13.7 Å². The first-order chi connectivity index (χ1) is 9.35. The van der Waals surface area contributed by atoms with E-state index in [4.69, 9.17) is 4.74 Å². The second-order valence-electron chi connectivity index (χ2n) is 4.52. The van der Waals surface area contributed by atoms with Gasteiger partial charge < -0.3 is 10.1 Å². The number of hydrogen-bond donors (Lipinski definition) is 1.